The normalized spacial score (nSPS) is 9.89. The second-order valence-corrected chi connectivity index (χ2v) is 3.46. The summed E-state index contributed by atoms with van der Waals surface area (Å²) in [5.41, 5.74) is 0.859. The van der Waals surface area contributed by atoms with E-state index in [0.717, 1.165) is 5.69 Å². The van der Waals surface area contributed by atoms with Crippen molar-refractivity contribution in [2.45, 2.75) is 13.8 Å². The van der Waals surface area contributed by atoms with Crippen LogP contribution in [0.2, 0.25) is 0 Å². The van der Waals surface area contributed by atoms with Crippen molar-refractivity contribution in [3.8, 4) is 5.69 Å². The topological polar surface area (TPSA) is 68.0 Å². The molecular formula is C13H14IrN3O2-. The van der Waals surface area contributed by atoms with Gasteiger partial charge in [-0.15, -0.1) is 6.07 Å². The largest absolute Gasteiger partial charge is 0.512 e. The zero-order chi connectivity index (χ0) is 13.4. The number of para-hydroxylation sites is 1. The average molecular weight is 436 g/mol. The molecule has 0 spiro atoms. The molecule has 19 heavy (non-hydrogen) atoms. The molecule has 6 heteroatoms. The van der Waals surface area contributed by atoms with Crippen molar-refractivity contribution >= 4 is 5.78 Å². The fourth-order valence-electron chi connectivity index (χ4n) is 1.14. The second-order valence-electron chi connectivity index (χ2n) is 3.46. The van der Waals surface area contributed by atoms with Gasteiger partial charge >= 0.3 is 0 Å². The summed E-state index contributed by atoms with van der Waals surface area (Å²) in [7, 11) is 0. The number of carbonyl (C=O) groups is 1. The Morgan fingerprint density at radius 3 is 2.32 bits per heavy atom. The Balaban J connectivity index is 0.000000360. The van der Waals surface area contributed by atoms with Crippen molar-refractivity contribution in [2.24, 2.45) is 0 Å². The number of rotatable bonds is 2. The zero-order valence-corrected chi connectivity index (χ0v) is 13.0. The van der Waals surface area contributed by atoms with Gasteiger partial charge in [0.05, 0.1) is 18.2 Å². The van der Waals surface area contributed by atoms with Crippen LogP contribution in [-0.2, 0) is 24.9 Å². The van der Waals surface area contributed by atoms with Gasteiger partial charge in [-0.1, -0.05) is 0 Å². The Bertz CT molecular complexity index is 506. The molecule has 1 aromatic heterocycles. The Morgan fingerprint density at radius 1 is 1.32 bits per heavy atom. The number of allylic oxidation sites excluding steroid dienone is 2. The summed E-state index contributed by atoms with van der Waals surface area (Å²) in [5, 5.41) is 16.3. The number of benzene rings is 1. The molecule has 0 amide bonds. The summed E-state index contributed by atoms with van der Waals surface area (Å²) < 4.78 is 0. The summed E-state index contributed by atoms with van der Waals surface area (Å²) in [6.45, 7) is 2.85. The van der Waals surface area contributed by atoms with Crippen molar-refractivity contribution in [1.29, 1.82) is 0 Å². The van der Waals surface area contributed by atoms with Gasteiger partial charge in [0.1, 0.15) is 0 Å². The molecule has 1 heterocycles. The molecule has 1 N–H and O–H groups in total. The van der Waals surface area contributed by atoms with Crippen molar-refractivity contribution in [3.05, 3.63) is 54.6 Å². The number of aliphatic hydroxyl groups excluding tert-OH is 1. The van der Waals surface area contributed by atoms with Gasteiger partial charge in [0.2, 0.25) is 0 Å². The minimum atomic E-state index is -0.125. The minimum absolute atomic E-state index is 0. The van der Waals surface area contributed by atoms with Crippen LogP contribution in [0, 0.1) is 6.07 Å². The van der Waals surface area contributed by atoms with Crippen LogP contribution in [0.3, 0.4) is 0 Å². The number of carbonyl (C=O) groups excluding carboxylic acids is 1. The van der Waals surface area contributed by atoms with Crippen LogP contribution in [0.4, 0.5) is 0 Å². The van der Waals surface area contributed by atoms with Crippen molar-refractivity contribution in [3.63, 3.8) is 0 Å². The number of aromatic nitrogens is 3. The van der Waals surface area contributed by atoms with Gasteiger partial charge in [-0.2, -0.15) is 39.3 Å². The Hall–Kier alpha value is -1.78. The zero-order valence-electron chi connectivity index (χ0n) is 10.6. The van der Waals surface area contributed by atoms with E-state index in [2.05, 4.69) is 16.3 Å². The van der Waals surface area contributed by atoms with Gasteiger partial charge in [-0.3, -0.25) is 4.79 Å². The third-order valence-corrected chi connectivity index (χ3v) is 1.74. The molecule has 0 saturated carbocycles. The summed E-state index contributed by atoms with van der Waals surface area (Å²) in [6, 6.07) is 10.6. The van der Waals surface area contributed by atoms with Crippen LogP contribution in [0.5, 0.6) is 0 Å². The number of nitrogens with zero attached hydrogens (tertiary/aromatic N) is 3. The van der Waals surface area contributed by atoms with E-state index in [1.165, 1.54) is 24.7 Å². The monoisotopic (exact) mass is 437 g/mol. The van der Waals surface area contributed by atoms with E-state index in [1.807, 2.05) is 24.3 Å². The first-order valence-corrected chi connectivity index (χ1v) is 5.31. The quantitative estimate of drug-likeness (QED) is 0.445. The molecule has 0 bridgehead atoms. The average Bonchev–Trinajstić information content (AvgIpc) is 2.82. The second kappa shape index (κ2) is 9.19. The molecular weight excluding hydrogens is 422 g/mol. The van der Waals surface area contributed by atoms with E-state index in [4.69, 9.17) is 5.11 Å². The van der Waals surface area contributed by atoms with Crippen LogP contribution in [-0.4, -0.2) is 25.9 Å². The molecule has 0 aliphatic rings. The number of aliphatic hydroxyl groups is 1. The van der Waals surface area contributed by atoms with Gasteiger partial charge < -0.3 is 5.11 Å². The number of hydrogen-bond acceptors (Lipinski definition) is 4. The van der Waals surface area contributed by atoms with Gasteiger partial charge in [-0.05, 0) is 19.5 Å². The van der Waals surface area contributed by atoms with Crippen molar-refractivity contribution in [2.75, 3.05) is 0 Å². The predicted octanol–water partition coefficient (Wildman–Crippen LogP) is 2.10. The van der Waals surface area contributed by atoms with E-state index in [1.54, 1.807) is 12.4 Å². The van der Waals surface area contributed by atoms with Crippen LogP contribution in [0.25, 0.3) is 5.69 Å². The Morgan fingerprint density at radius 2 is 1.95 bits per heavy atom. The minimum Gasteiger partial charge on any atom is -0.512 e. The fraction of sp³-hybridized carbons (Fsp3) is 0.154. The first-order chi connectivity index (χ1) is 8.59. The summed E-state index contributed by atoms with van der Waals surface area (Å²) in [4.78, 5) is 11.5. The third-order valence-electron chi connectivity index (χ3n) is 1.74. The maximum absolute atomic E-state index is 10.0. The van der Waals surface area contributed by atoms with Gasteiger partial charge in [-0.25, -0.2) is 0 Å². The molecule has 0 aliphatic carbocycles. The first kappa shape index (κ1) is 17.2. The molecule has 2 rings (SSSR count). The van der Waals surface area contributed by atoms with Gasteiger partial charge in [0.25, 0.3) is 0 Å². The standard InChI is InChI=1S/C8H6N3.C5H8O2.Ir/c1-2-4-8(5-3-1)11-9-6-7-10-11;1-4(6)3-5(2)7;/h1-4,6-7H;3,6H,1-2H3;/q-1;;/b;4-3-;. The van der Waals surface area contributed by atoms with E-state index in [-0.39, 0.29) is 31.6 Å². The number of hydrogen-bond donors (Lipinski definition) is 1. The Kier molecular flexibility index (Phi) is 8.33. The van der Waals surface area contributed by atoms with Crippen molar-refractivity contribution in [1.82, 2.24) is 15.0 Å². The Labute approximate surface area is 125 Å². The maximum Gasteiger partial charge on any atom is 0.155 e. The van der Waals surface area contributed by atoms with Crippen LogP contribution >= 0.6 is 0 Å². The molecule has 1 radical (unpaired) electrons. The number of ketones is 1. The SMILES string of the molecule is CC(=O)/C=C(/C)O.[Ir].[c-]1ccccc1-n1nccn1. The van der Waals surface area contributed by atoms with Gasteiger partial charge in [0, 0.05) is 26.2 Å². The maximum atomic E-state index is 10.0. The van der Waals surface area contributed by atoms with Crippen LogP contribution in [0.1, 0.15) is 13.8 Å². The van der Waals surface area contributed by atoms with Crippen molar-refractivity contribution < 1.29 is 30.0 Å². The summed E-state index contributed by atoms with van der Waals surface area (Å²) in [6.07, 6.45) is 4.45. The molecule has 0 saturated heterocycles. The van der Waals surface area contributed by atoms with Crippen LogP contribution in [0.15, 0.2) is 48.5 Å². The molecule has 5 nitrogen and oxygen atoms in total. The summed E-state index contributed by atoms with van der Waals surface area (Å²) >= 11 is 0. The van der Waals surface area contributed by atoms with E-state index < -0.39 is 0 Å². The molecule has 1 aromatic carbocycles. The smallest absolute Gasteiger partial charge is 0.155 e. The van der Waals surface area contributed by atoms with E-state index in [0.29, 0.717) is 0 Å². The fourth-order valence-corrected chi connectivity index (χ4v) is 1.14. The molecule has 103 valence electrons. The van der Waals surface area contributed by atoms with E-state index >= 15 is 0 Å². The molecule has 2 aromatic rings. The van der Waals surface area contributed by atoms with Crippen LogP contribution < -0.4 is 0 Å². The predicted molar refractivity (Wildman–Crippen MR) is 67.3 cm³/mol. The molecule has 0 fully saturated rings. The molecule has 0 aliphatic heterocycles. The van der Waals surface area contributed by atoms with Gasteiger partial charge in [0.15, 0.2) is 5.78 Å². The van der Waals surface area contributed by atoms with E-state index in [9.17, 15) is 4.79 Å². The summed E-state index contributed by atoms with van der Waals surface area (Å²) in [5.74, 6) is -0.0625. The molecule has 0 unspecified atom stereocenters. The molecule has 0 atom stereocenters. The first-order valence-electron chi connectivity index (χ1n) is 5.31. The third kappa shape index (κ3) is 7.28.